The highest BCUT2D eigenvalue weighted by Crippen LogP contribution is 2.34. The maximum Gasteiger partial charge on any atom is 0.295 e. The Morgan fingerprint density at radius 2 is 2.00 bits per heavy atom. The van der Waals surface area contributed by atoms with Crippen molar-refractivity contribution in [3.8, 4) is 5.75 Å². The summed E-state index contributed by atoms with van der Waals surface area (Å²) in [6.45, 7) is 7.42. The molecule has 3 aromatic rings. The predicted octanol–water partition coefficient (Wildman–Crippen LogP) is 3.89. The zero-order valence-electron chi connectivity index (χ0n) is 15.3. The number of benzene rings is 1. The molecule has 7 heteroatoms. The van der Waals surface area contributed by atoms with Crippen LogP contribution in [0.4, 0.5) is 5.13 Å². The summed E-state index contributed by atoms with van der Waals surface area (Å²) < 4.78 is 11.7. The van der Waals surface area contributed by atoms with Gasteiger partial charge in [0.25, 0.3) is 5.91 Å². The number of amides is 1. The van der Waals surface area contributed by atoms with Crippen LogP contribution in [-0.4, -0.2) is 49.1 Å². The zero-order valence-corrected chi connectivity index (χ0v) is 16.1. The Morgan fingerprint density at radius 3 is 2.65 bits per heavy atom. The molecule has 2 aromatic heterocycles. The number of methoxy groups -OCH3 is 1. The molecule has 0 aliphatic rings. The molecular weight excluding hydrogens is 350 g/mol. The summed E-state index contributed by atoms with van der Waals surface area (Å²) in [5.74, 6) is 0.843. The number of thiazole rings is 1. The molecule has 26 heavy (non-hydrogen) atoms. The molecule has 0 spiro atoms. The smallest absolute Gasteiger partial charge is 0.295 e. The van der Waals surface area contributed by atoms with Crippen LogP contribution in [0.2, 0.25) is 0 Å². The molecular formula is C19H23N3O3S. The van der Waals surface area contributed by atoms with Gasteiger partial charge in [-0.15, -0.1) is 0 Å². The summed E-state index contributed by atoms with van der Waals surface area (Å²) in [5, 5.41) is 0.651. The number of nitrogens with zero attached hydrogens (tertiary/aromatic N) is 3. The highest BCUT2D eigenvalue weighted by molar-refractivity contribution is 7.22. The third-order valence-electron chi connectivity index (χ3n) is 4.33. The fourth-order valence-corrected chi connectivity index (χ4v) is 3.80. The standard InChI is InChI=1S/C19H23N3O3S/c1-4-21(5-2)11-12-22(18(23)15-9-7-13-25-15)19-20-17-14(24-3)8-6-10-16(17)26-19/h6-10,13H,4-5,11-12H2,1-3H3. The van der Waals surface area contributed by atoms with Gasteiger partial charge in [0.2, 0.25) is 0 Å². The van der Waals surface area contributed by atoms with Crippen LogP contribution in [0, 0.1) is 0 Å². The number of para-hydroxylation sites is 1. The number of carbonyl (C=O) groups is 1. The Labute approximate surface area is 157 Å². The van der Waals surface area contributed by atoms with Gasteiger partial charge in [0.05, 0.1) is 18.1 Å². The largest absolute Gasteiger partial charge is 0.494 e. The quantitative estimate of drug-likeness (QED) is 0.600. The first-order chi connectivity index (χ1) is 12.7. The minimum Gasteiger partial charge on any atom is -0.494 e. The summed E-state index contributed by atoms with van der Waals surface area (Å²) in [4.78, 5) is 21.6. The summed E-state index contributed by atoms with van der Waals surface area (Å²) in [7, 11) is 1.62. The van der Waals surface area contributed by atoms with Crippen molar-refractivity contribution in [2.24, 2.45) is 0 Å². The van der Waals surface area contributed by atoms with Gasteiger partial charge in [0.1, 0.15) is 11.3 Å². The van der Waals surface area contributed by atoms with E-state index >= 15 is 0 Å². The Kier molecular flexibility index (Phi) is 5.90. The summed E-state index contributed by atoms with van der Waals surface area (Å²) in [6, 6.07) is 9.19. The van der Waals surface area contributed by atoms with Crippen molar-refractivity contribution in [2.45, 2.75) is 13.8 Å². The molecule has 6 nitrogen and oxygen atoms in total. The number of ether oxygens (including phenoxy) is 1. The van der Waals surface area contributed by atoms with Crippen molar-refractivity contribution in [2.75, 3.05) is 38.2 Å². The minimum absolute atomic E-state index is 0.180. The molecule has 0 aliphatic carbocycles. The monoisotopic (exact) mass is 373 g/mol. The lowest BCUT2D eigenvalue weighted by atomic mass is 10.3. The van der Waals surface area contributed by atoms with E-state index in [2.05, 4.69) is 23.7 Å². The Balaban J connectivity index is 1.95. The molecule has 0 fully saturated rings. The van der Waals surface area contributed by atoms with Gasteiger partial charge in [-0.25, -0.2) is 4.98 Å². The number of fused-ring (bicyclic) bond motifs is 1. The van der Waals surface area contributed by atoms with Crippen LogP contribution in [0.3, 0.4) is 0 Å². The Morgan fingerprint density at radius 1 is 1.19 bits per heavy atom. The fraction of sp³-hybridized carbons (Fsp3) is 0.368. The van der Waals surface area contributed by atoms with Crippen molar-refractivity contribution in [1.29, 1.82) is 0 Å². The van der Waals surface area contributed by atoms with E-state index in [1.807, 2.05) is 18.2 Å². The predicted molar refractivity (Wildman–Crippen MR) is 104 cm³/mol. The normalized spacial score (nSPS) is 11.2. The van der Waals surface area contributed by atoms with Gasteiger partial charge in [-0.05, 0) is 37.4 Å². The van der Waals surface area contributed by atoms with Crippen LogP contribution < -0.4 is 9.64 Å². The maximum absolute atomic E-state index is 13.0. The third-order valence-corrected chi connectivity index (χ3v) is 5.38. The fourth-order valence-electron chi connectivity index (χ4n) is 2.79. The molecule has 0 unspecified atom stereocenters. The second-order valence-electron chi connectivity index (χ2n) is 5.76. The van der Waals surface area contributed by atoms with Gasteiger partial charge < -0.3 is 14.1 Å². The number of hydrogen-bond donors (Lipinski definition) is 0. The lowest BCUT2D eigenvalue weighted by Crippen LogP contribution is -2.38. The van der Waals surface area contributed by atoms with Crippen molar-refractivity contribution >= 4 is 32.6 Å². The molecule has 2 heterocycles. The van der Waals surface area contributed by atoms with E-state index in [1.54, 1.807) is 24.1 Å². The molecule has 0 radical (unpaired) electrons. The highest BCUT2D eigenvalue weighted by Gasteiger charge is 2.24. The van der Waals surface area contributed by atoms with Crippen LogP contribution in [0.1, 0.15) is 24.4 Å². The number of rotatable bonds is 8. The number of hydrogen-bond acceptors (Lipinski definition) is 6. The van der Waals surface area contributed by atoms with E-state index in [0.717, 1.165) is 29.9 Å². The van der Waals surface area contributed by atoms with Crippen LogP contribution in [0.5, 0.6) is 5.75 Å². The van der Waals surface area contributed by atoms with Crippen molar-refractivity contribution < 1.29 is 13.9 Å². The first-order valence-electron chi connectivity index (χ1n) is 8.69. The molecule has 1 aromatic carbocycles. The van der Waals surface area contributed by atoms with E-state index < -0.39 is 0 Å². The summed E-state index contributed by atoms with van der Waals surface area (Å²) in [5.41, 5.74) is 0.773. The van der Waals surface area contributed by atoms with Crippen LogP contribution >= 0.6 is 11.3 Å². The van der Waals surface area contributed by atoms with Crippen LogP contribution in [0.15, 0.2) is 41.0 Å². The van der Waals surface area contributed by atoms with Crippen molar-refractivity contribution in [3.63, 3.8) is 0 Å². The molecule has 0 N–H and O–H groups in total. The van der Waals surface area contributed by atoms with Gasteiger partial charge >= 0.3 is 0 Å². The lowest BCUT2D eigenvalue weighted by Gasteiger charge is -2.24. The second kappa shape index (κ2) is 8.33. The summed E-state index contributed by atoms with van der Waals surface area (Å²) in [6.07, 6.45) is 1.51. The number of furan rings is 1. The average Bonchev–Trinajstić information content (AvgIpc) is 3.34. The highest BCUT2D eigenvalue weighted by atomic mass is 32.1. The van der Waals surface area contributed by atoms with Gasteiger partial charge in [-0.2, -0.15) is 0 Å². The number of aromatic nitrogens is 1. The van der Waals surface area contributed by atoms with Crippen molar-refractivity contribution in [3.05, 3.63) is 42.4 Å². The molecule has 0 aliphatic heterocycles. The van der Waals surface area contributed by atoms with Crippen molar-refractivity contribution in [1.82, 2.24) is 9.88 Å². The topological polar surface area (TPSA) is 58.8 Å². The van der Waals surface area contributed by atoms with E-state index in [-0.39, 0.29) is 5.91 Å². The Bertz CT molecular complexity index is 856. The minimum atomic E-state index is -0.180. The van der Waals surface area contributed by atoms with E-state index in [4.69, 9.17) is 9.15 Å². The van der Waals surface area contributed by atoms with Gasteiger partial charge in [-0.3, -0.25) is 9.69 Å². The number of likely N-dealkylation sites (N-methyl/N-ethyl adjacent to an activating group) is 1. The van der Waals surface area contributed by atoms with Gasteiger partial charge in [-0.1, -0.05) is 31.3 Å². The maximum atomic E-state index is 13.0. The van der Waals surface area contributed by atoms with Gasteiger partial charge in [0, 0.05) is 13.1 Å². The molecule has 138 valence electrons. The zero-order chi connectivity index (χ0) is 18.5. The Hall–Kier alpha value is -2.38. The van der Waals surface area contributed by atoms with E-state index in [9.17, 15) is 4.79 Å². The summed E-state index contributed by atoms with van der Waals surface area (Å²) >= 11 is 1.48. The first-order valence-corrected chi connectivity index (χ1v) is 9.50. The SMILES string of the molecule is CCN(CC)CCN(C(=O)c1ccco1)c1nc2c(OC)cccc2s1. The average molecular weight is 373 g/mol. The molecule has 0 saturated heterocycles. The molecule has 0 saturated carbocycles. The van der Waals surface area contributed by atoms with Gasteiger partial charge in [0.15, 0.2) is 10.9 Å². The lowest BCUT2D eigenvalue weighted by molar-refractivity contribution is 0.0957. The van der Waals surface area contributed by atoms with E-state index in [1.165, 1.54) is 17.6 Å². The second-order valence-corrected chi connectivity index (χ2v) is 6.77. The first kappa shape index (κ1) is 18.4. The van der Waals surface area contributed by atoms with Crippen LogP contribution in [-0.2, 0) is 0 Å². The van der Waals surface area contributed by atoms with Crippen LogP contribution in [0.25, 0.3) is 10.2 Å². The molecule has 3 rings (SSSR count). The van der Waals surface area contributed by atoms with E-state index in [0.29, 0.717) is 23.2 Å². The number of anilines is 1. The molecule has 0 bridgehead atoms. The molecule has 1 amide bonds. The molecule has 0 atom stereocenters. The number of carbonyl (C=O) groups excluding carboxylic acids is 1. The third kappa shape index (κ3) is 3.73.